The second kappa shape index (κ2) is 3.30. The minimum absolute atomic E-state index is 0.160. The van der Waals surface area contributed by atoms with E-state index in [4.69, 9.17) is 0 Å². The standard InChI is InChI=1S/C10H10N2/c1-2-6-9(5-1)11-12-10-7-3-4-8-10/h1-10H. The summed E-state index contributed by atoms with van der Waals surface area (Å²) in [6, 6.07) is 0.319. The van der Waals surface area contributed by atoms with Gasteiger partial charge in [0.1, 0.15) is 12.1 Å². The summed E-state index contributed by atoms with van der Waals surface area (Å²) in [5.74, 6) is 0. The molecule has 0 radical (unpaired) electrons. The Balaban J connectivity index is 1.93. The van der Waals surface area contributed by atoms with E-state index in [9.17, 15) is 0 Å². The quantitative estimate of drug-likeness (QED) is 0.551. The molecule has 2 nitrogen and oxygen atoms in total. The summed E-state index contributed by atoms with van der Waals surface area (Å²) in [7, 11) is 0. The number of hydrogen-bond donors (Lipinski definition) is 0. The molecule has 0 spiro atoms. The van der Waals surface area contributed by atoms with E-state index in [0.717, 1.165) is 0 Å². The molecule has 2 rings (SSSR count). The zero-order chi connectivity index (χ0) is 8.23. The molecule has 0 aromatic carbocycles. The van der Waals surface area contributed by atoms with E-state index < -0.39 is 0 Å². The molecule has 12 heavy (non-hydrogen) atoms. The summed E-state index contributed by atoms with van der Waals surface area (Å²) < 4.78 is 0. The molecule has 0 amide bonds. The summed E-state index contributed by atoms with van der Waals surface area (Å²) in [5.41, 5.74) is 0. The van der Waals surface area contributed by atoms with Crippen molar-refractivity contribution in [2.45, 2.75) is 12.1 Å². The fraction of sp³-hybridized carbons (Fsp3) is 0.200. The summed E-state index contributed by atoms with van der Waals surface area (Å²) in [4.78, 5) is 0. The average Bonchev–Trinajstić information content (AvgIpc) is 2.74. The maximum Gasteiger partial charge on any atom is 0.108 e. The Kier molecular flexibility index (Phi) is 1.99. The van der Waals surface area contributed by atoms with Crippen LogP contribution in [-0.2, 0) is 0 Å². The van der Waals surface area contributed by atoms with Crippen LogP contribution in [-0.4, -0.2) is 12.1 Å². The summed E-state index contributed by atoms with van der Waals surface area (Å²) in [5, 5.41) is 8.31. The first-order valence-electron chi connectivity index (χ1n) is 4.05. The first-order valence-corrected chi connectivity index (χ1v) is 4.05. The molecule has 0 aromatic rings. The largest absolute Gasteiger partial charge is 0.181 e. The highest BCUT2D eigenvalue weighted by Gasteiger charge is 2.03. The lowest BCUT2D eigenvalue weighted by molar-refractivity contribution is 0.828. The van der Waals surface area contributed by atoms with Crippen LogP contribution in [0, 0.1) is 0 Å². The van der Waals surface area contributed by atoms with Gasteiger partial charge in [0.25, 0.3) is 0 Å². The molecular weight excluding hydrogens is 148 g/mol. The predicted octanol–water partition coefficient (Wildman–Crippen LogP) is 2.43. The van der Waals surface area contributed by atoms with Gasteiger partial charge in [-0.1, -0.05) is 48.6 Å². The fourth-order valence-corrected chi connectivity index (χ4v) is 1.15. The number of allylic oxidation sites excluding steroid dienone is 4. The molecule has 0 atom stereocenters. The van der Waals surface area contributed by atoms with Gasteiger partial charge in [-0.3, -0.25) is 0 Å². The van der Waals surface area contributed by atoms with Gasteiger partial charge in [-0.05, 0) is 0 Å². The molecule has 2 heteroatoms. The van der Waals surface area contributed by atoms with E-state index in [0.29, 0.717) is 0 Å². The molecule has 0 unspecified atom stereocenters. The van der Waals surface area contributed by atoms with Crippen molar-refractivity contribution in [1.82, 2.24) is 0 Å². The van der Waals surface area contributed by atoms with Gasteiger partial charge in [0.2, 0.25) is 0 Å². The Morgan fingerprint density at radius 2 is 0.917 bits per heavy atom. The summed E-state index contributed by atoms with van der Waals surface area (Å²) in [6.45, 7) is 0. The second-order valence-corrected chi connectivity index (χ2v) is 2.75. The highest BCUT2D eigenvalue weighted by Crippen LogP contribution is 2.09. The topological polar surface area (TPSA) is 24.7 Å². The molecule has 0 saturated heterocycles. The Morgan fingerprint density at radius 3 is 1.25 bits per heavy atom. The number of hydrogen-bond acceptors (Lipinski definition) is 2. The Bertz CT molecular complexity index is 241. The Labute approximate surface area is 71.7 Å². The van der Waals surface area contributed by atoms with E-state index >= 15 is 0 Å². The van der Waals surface area contributed by atoms with Crippen LogP contribution in [0.1, 0.15) is 0 Å². The molecule has 2 aliphatic carbocycles. The molecule has 0 heterocycles. The van der Waals surface area contributed by atoms with Crippen LogP contribution in [0.5, 0.6) is 0 Å². The summed E-state index contributed by atoms with van der Waals surface area (Å²) >= 11 is 0. The molecule has 2 aliphatic rings. The maximum atomic E-state index is 4.15. The van der Waals surface area contributed by atoms with E-state index in [2.05, 4.69) is 10.2 Å². The van der Waals surface area contributed by atoms with Crippen molar-refractivity contribution >= 4 is 0 Å². The van der Waals surface area contributed by atoms with Gasteiger partial charge in [-0.25, -0.2) is 0 Å². The van der Waals surface area contributed by atoms with E-state index in [1.807, 2.05) is 48.6 Å². The smallest absolute Gasteiger partial charge is 0.108 e. The minimum Gasteiger partial charge on any atom is -0.181 e. The van der Waals surface area contributed by atoms with Gasteiger partial charge in [0, 0.05) is 0 Å². The third-order valence-electron chi connectivity index (χ3n) is 1.79. The van der Waals surface area contributed by atoms with E-state index in [1.165, 1.54) is 0 Å². The van der Waals surface area contributed by atoms with Crippen molar-refractivity contribution in [3.63, 3.8) is 0 Å². The molecule has 0 fully saturated rings. The highest BCUT2D eigenvalue weighted by atomic mass is 15.1. The zero-order valence-corrected chi connectivity index (χ0v) is 6.67. The normalized spacial score (nSPS) is 22.3. The molecule has 0 bridgehead atoms. The van der Waals surface area contributed by atoms with E-state index in [1.54, 1.807) is 0 Å². The van der Waals surface area contributed by atoms with Crippen LogP contribution in [0.25, 0.3) is 0 Å². The molecular formula is C10H10N2. The van der Waals surface area contributed by atoms with Crippen LogP contribution >= 0.6 is 0 Å². The second-order valence-electron chi connectivity index (χ2n) is 2.75. The van der Waals surface area contributed by atoms with Crippen molar-refractivity contribution in [1.29, 1.82) is 0 Å². The van der Waals surface area contributed by atoms with Crippen molar-refractivity contribution in [3.05, 3.63) is 48.6 Å². The number of nitrogens with zero attached hydrogens (tertiary/aromatic N) is 2. The van der Waals surface area contributed by atoms with Gasteiger partial charge in [-0.15, -0.1) is 0 Å². The Hall–Kier alpha value is -1.44. The maximum absolute atomic E-state index is 4.15. The van der Waals surface area contributed by atoms with Gasteiger partial charge >= 0.3 is 0 Å². The highest BCUT2D eigenvalue weighted by molar-refractivity contribution is 5.23. The van der Waals surface area contributed by atoms with Crippen LogP contribution in [0.4, 0.5) is 0 Å². The van der Waals surface area contributed by atoms with Crippen molar-refractivity contribution in [3.8, 4) is 0 Å². The Morgan fingerprint density at radius 1 is 0.583 bits per heavy atom. The first-order chi connectivity index (χ1) is 5.95. The predicted molar refractivity (Wildman–Crippen MR) is 49.0 cm³/mol. The van der Waals surface area contributed by atoms with Gasteiger partial charge in [0.05, 0.1) is 0 Å². The third-order valence-corrected chi connectivity index (χ3v) is 1.79. The fourth-order valence-electron chi connectivity index (χ4n) is 1.15. The number of rotatable bonds is 2. The number of azo groups is 1. The summed E-state index contributed by atoms with van der Waals surface area (Å²) in [6.07, 6.45) is 16.0. The van der Waals surface area contributed by atoms with Crippen LogP contribution in [0.3, 0.4) is 0 Å². The lowest BCUT2D eigenvalue weighted by atomic mass is 10.3. The SMILES string of the molecule is C1=CC(N=NC2C=CC=C2)C=C1. The molecule has 0 saturated carbocycles. The molecule has 0 aromatic heterocycles. The minimum atomic E-state index is 0.160. The molecule has 0 N–H and O–H groups in total. The molecule has 60 valence electrons. The monoisotopic (exact) mass is 158 g/mol. The van der Waals surface area contributed by atoms with Crippen LogP contribution < -0.4 is 0 Å². The lowest BCUT2D eigenvalue weighted by Gasteiger charge is -1.97. The third kappa shape index (κ3) is 1.59. The molecule has 0 aliphatic heterocycles. The first kappa shape index (κ1) is 7.22. The van der Waals surface area contributed by atoms with Gasteiger partial charge in [-0.2, -0.15) is 10.2 Å². The average molecular weight is 158 g/mol. The van der Waals surface area contributed by atoms with Gasteiger partial charge < -0.3 is 0 Å². The van der Waals surface area contributed by atoms with Crippen molar-refractivity contribution in [2.75, 3.05) is 0 Å². The zero-order valence-electron chi connectivity index (χ0n) is 6.67. The van der Waals surface area contributed by atoms with Crippen molar-refractivity contribution < 1.29 is 0 Å². The van der Waals surface area contributed by atoms with Crippen LogP contribution in [0.2, 0.25) is 0 Å². The van der Waals surface area contributed by atoms with E-state index in [-0.39, 0.29) is 12.1 Å². The van der Waals surface area contributed by atoms with Crippen molar-refractivity contribution in [2.24, 2.45) is 10.2 Å². The van der Waals surface area contributed by atoms with Gasteiger partial charge in [0.15, 0.2) is 0 Å². The lowest BCUT2D eigenvalue weighted by Crippen LogP contribution is -1.94. The van der Waals surface area contributed by atoms with Crippen LogP contribution in [0.15, 0.2) is 58.8 Å².